The van der Waals surface area contributed by atoms with Crippen molar-refractivity contribution < 1.29 is 9.53 Å². The molecule has 1 N–H and O–H groups in total. The molecule has 1 fully saturated rings. The number of anilines is 1. The van der Waals surface area contributed by atoms with Gasteiger partial charge in [-0.05, 0) is 0 Å². The second-order valence-corrected chi connectivity index (χ2v) is 8.85. The smallest absolute Gasteiger partial charge is 0.246 e. The van der Waals surface area contributed by atoms with Crippen molar-refractivity contribution in [3.05, 3.63) is 58.7 Å². The van der Waals surface area contributed by atoms with E-state index in [4.69, 9.17) is 9.72 Å². The first-order valence-corrected chi connectivity index (χ1v) is 11.6. The molecular weight excluding hydrogens is 432 g/mol. The highest BCUT2D eigenvalue weighted by Gasteiger charge is 2.19. The van der Waals surface area contributed by atoms with Crippen LogP contribution in [0, 0.1) is 0 Å². The van der Waals surface area contributed by atoms with Crippen LogP contribution >= 0.6 is 22.7 Å². The van der Waals surface area contributed by atoms with Crippen LogP contribution < -0.4 is 10.3 Å². The maximum atomic E-state index is 12.3. The van der Waals surface area contributed by atoms with Crippen molar-refractivity contribution in [1.82, 2.24) is 19.8 Å². The summed E-state index contributed by atoms with van der Waals surface area (Å²) in [6, 6.07) is 10.0. The van der Waals surface area contributed by atoms with Gasteiger partial charge in [0.1, 0.15) is 0 Å². The number of thiazole rings is 2. The molecule has 0 aliphatic carbocycles. The summed E-state index contributed by atoms with van der Waals surface area (Å²) in [5, 5.41) is 7.09. The lowest BCUT2D eigenvalue weighted by molar-refractivity contribution is -0.120. The fourth-order valence-electron chi connectivity index (χ4n) is 3.33. The molecule has 1 aliphatic heterocycles. The molecule has 0 atom stereocenters. The van der Waals surface area contributed by atoms with E-state index in [0.29, 0.717) is 13.2 Å². The second kappa shape index (κ2) is 8.96. The second-order valence-electron chi connectivity index (χ2n) is 6.97. The van der Waals surface area contributed by atoms with Gasteiger partial charge >= 0.3 is 0 Å². The number of morpholine rings is 1. The molecule has 1 aromatic carbocycles. The predicted octanol–water partition coefficient (Wildman–Crippen LogP) is 3.05. The number of aromatic nitrogens is 3. The van der Waals surface area contributed by atoms with E-state index in [1.165, 1.54) is 11.3 Å². The molecule has 8 nitrogen and oxygen atoms in total. The third kappa shape index (κ3) is 4.50. The number of nitrogens with one attached hydrogen (secondary N) is 1. The van der Waals surface area contributed by atoms with Crippen molar-refractivity contribution >= 4 is 44.9 Å². The number of carbonyl (C=O) groups excluding carboxylic acids is 1. The average Bonchev–Trinajstić information content (AvgIpc) is 3.50. The van der Waals surface area contributed by atoms with Crippen molar-refractivity contribution in [2.75, 3.05) is 31.2 Å². The summed E-state index contributed by atoms with van der Waals surface area (Å²) in [6.45, 7) is 3.03. The third-order valence-electron chi connectivity index (χ3n) is 4.83. The lowest BCUT2D eigenvalue weighted by atomic mass is 10.1. The van der Waals surface area contributed by atoms with Crippen molar-refractivity contribution in [2.45, 2.75) is 6.42 Å². The molecule has 3 aromatic heterocycles. The number of nitrogens with zero attached hydrogens (tertiary/aromatic N) is 5. The number of carbonyl (C=O) groups is 1. The fourth-order valence-corrected chi connectivity index (χ4v) is 5.06. The predicted molar refractivity (Wildman–Crippen MR) is 123 cm³/mol. The Bertz CT molecular complexity index is 1180. The van der Waals surface area contributed by atoms with Gasteiger partial charge in [-0.2, -0.15) is 5.10 Å². The van der Waals surface area contributed by atoms with E-state index in [-0.39, 0.29) is 12.3 Å². The number of amides is 1. The van der Waals surface area contributed by atoms with Crippen molar-refractivity contribution in [1.29, 1.82) is 0 Å². The largest absolute Gasteiger partial charge is 0.378 e. The Morgan fingerprint density at radius 1 is 1.23 bits per heavy atom. The van der Waals surface area contributed by atoms with Gasteiger partial charge in [-0.15, -0.1) is 11.3 Å². The monoisotopic (exact) mass is 452 g/mol. The number of fused-ring (bicyclic) bond motifs is 1. The van der Waals surface area contributed by atoms with Gasteiger partial charge in [0.05, 0.1) is 42.1 Å². The van der Waals surface area contributed by atoms with Crippen molar-refractivity contribution in [3.63, 3.8) is 0 Å². The van der Waals surface area contributed by atoms with E-state index in [1.54, 1.807) is 17.6 Å². The summed E-state index contributed by atoms with van der Waals surface area (Å²) < 4.78 is 7.36. The van der Waals surface area contributed by atoms with Crippen LogP contribution in [0.1, 0.15) is 10.6 Å². The molecule has 4 heterocycles. The van der Waals surface area contributed by atoms with Gasteiger partial charge < -0.3 is 9.64 Å². The molecule has 0 spiro atoms. The van der Waals surface area contributed by atoms with Crippen LogP contribution in [0.15, 0.2) is 53.2 Å². The van der Waals surface area contributed by atoms with Crippen molar-refractivity contribution in [3.8, 4) is 11.3 Å². The average molecular weight is 453 g/mol. The van der Waals surface area contributed by atoms with Gasteiger partial charge in [-0.3, -0.25) is 9.20 Å². The van der Waals surface area contributed by atoms with Gasteiger partial charge in [-0.25, -0.2) is 15.4 Å². The molecule has 1 saturated heterocycles. The van der Waals surface area contributed by atoms with E-state index < -0.39 is 0 Å². The number of rotatable bonds is 6. The summed E-state index contributed by atoms with van der Waals surface area (Å²) in [5.74, 6) is -0.207. The molecule has 31 heavy (non-hydrogen) atoms. The first-order chi connectivity index (χ1) is 15.3. The lowest BCUT2D eigenvalue weighted by Crippen LogP contribution is -2.36. The zero-order valence-corrected chi connectivity index (χ0v) is 18.2. The van der Waals surface area contributed by atoms with Crippen LogP contribution in [-0.2, 0) is 16.0 Å². The van der Waals surface area contributed by atoms with Gasteiger partial charge in [0.25, 0.3) is 0 Å². The van der Waals surface area contributed by atoms with E-state index >= 15 is 0 Å². The zero-order valence-electron chi connectivity index (χ0n) is 16.6. The minimum absolute atomic E-state index is 0.180. The molecular formula is C21H20N6O2S2. The summed E-state index contributed by atoms with van der Waals surface area (Å²) in [7, 11) is 0. The maximum absolute atomic E-state index is 12.3. The van der Waals surface area contributed by atoms with E-state index in [1.807, 2.05) is 52.5 Å². The highest BCUT2D eigenvalue weighted by Crippen LogP contribution is 2.32. The highest BCUT2D eigenvalue weighted by molar-refractivity contribution is 7.17. The van der Waals surface area contributed by atoms with E-state index in [2.05, 4.69) is 20.4 Å². The topological polar surface area (TPSA) is 84.1 Å². The minimum atomic E-state index is -0.207. The molecule has 0 bridgehead atoms. The standard InChI is InChI=1S/C21H20N6O2S2/c28-18(12-16-14-27-8-11-30-20(27)23-16)25-22-13-17-19(15-4-2-1-3-5-15)24-21(31-17)26-6-9-29-10-7-26/h1-5,8,11,13-14H,6-7,9-10,12H2,(H,25,28)/b22-13-. The number of hydrogen-bond acceptors (Lipinski definition) is 8. The Kier molecular flexibility index (Phi) is 5.74. The SMILES string of the molecule is O=C(Cc1cn2ccsc2n1)N/N=C\c1sc(N2CCOCC2)nc1-c1ccccc1. The van der Waals surface area contributed by atoms with Crippen molar-refractivity contribution in [2.24, 2.45) is 5.10 Å². The first kappa shape index (κ1) is 19.9. The summed E-state index contributed by atoms with van der Waals surface area (Å²) in [6.07, 6.45) is 5.64. The molecule has 0 radical (unpaired) electrons. The maximum Gasteiger partial charge on any atom is 0.246 e. The normalized spacial score (nSPS) is 14.5. The quantitative estimate of drug-likeness (QED) is 0.359. The number of hydrazone groups is 1. The number of benzene rings is 1. The van der Waals surface area contributed by atoms with Gasteiger partial charge in [0.15, 0.2) is 10.1 Å². The molecule has 4 aromatic rings. The molecule has 0 unspecified atom stereocenters. The third-order valence-corrected chi connectivity index (χ3v) is 6.65. The van der Waals surface area contributed by atoms with Gasteiger partial charge in [0, 0.05) is 36.4 Å². The highest BCUT2D eigenvalue weighted by atomic mass is 32.1. The fraction of sp³-hybridized carbons (Fsp3) is 0.238. The van der Waals surface area contributed by atoms with E-state index in [0.717, 1.165) is 45.0 Å². The first-order valence-electron chi connectivity index (χ1n) is 9.88. The zero-order chi connectivity index (χ0) is 21.0. The summed E-state index contributed by atoms with van der Waals surface area (Å²) in [5.41, 5.74) is 5.21. The molecule has 158 valence electrons. The molecule has 10 heteroatoms. The number of hydrogen-bond donors (Lipinski definition) is 1. The number of ether oxygens (including phenoxy) is 1. The van der Waals surface area contributed by atoms with E-state index in [9.17, 15) is 4.79 Å². The van der Waals surface area contributed by atoms with Crippen LogP contribution in [-0.4, -0.2) is 52.8 Å². The molecule has 0 saturated carbocycles. The molecule has 5 rings (SSSR count). The van der Waals surface area contributed by atoms with Crippen LogP contribution in [0.2, 0.25) is 0 Å². The summed E-state index contributed by atoms with van der Waals surface area (Å²) in [4.78, 5) is 25.6. The Morgan fingerprint density at radius 3 is 2.87 bits per heavy atom. The Balaban J connectivity index is 1.31. The Labute approximate surface area is 186 Å². The molecule has 1 aliphatic rings. The van der Waals surface area contributed by atoms with Gasteiger partial charge in [0.2, 0.25) is 5.91 Å². The van der Waals surface area contributed by atoms with Crippen LogP contribution in [0.5, 0.6) is 0 Å². The summed E-state index contributed by atoms with van der Waals surface area (Å²) >= 11 is 3.10. The Morgan fingerprint density at radius 2 is 2.06 bits per heavy atom. The Hall–Kier alpha value is -3.08. The minimum Gasteiger partial charge on any atom is -0.378 e. The van der Waals surface area contributed by atoms with Crippen LogP contribution in [0.3, 0.4) is 0 Å². The number of imidazole rings is 1. The van der Waals surface area contributed by atoms with Crippen LogP contribution in [0.25, 0.3) is 16.2 Å². The molecule has 1 amide bonds. The van der Waals surface area contributed by atoms with Crippen LogP contribution in [0.4, 0.5) is 5.13 Å². The van der Waals surface area contributed by atoms with Gasteiger partial charge in [-0.1, -0.05) is 41.7 Å². The lowest BCUT2D eigenvalue weighted by Gasteiger charge is -2.26.